The zero-order valence-electron chi connectivity index (χ0n) is 11.0. The molecule has 0 saturated carbocycles. The predicted octanol–water partition coefficient (Wildman–Crippen LogP) is -0.748. The van der Waals surface area contributed by atoms with Crippen molar-refractivity contribution in [2.75, 3.05) is 33.3 Å². The second kappa shape index (κ2) is 7.37. The summed E-state index contributed by atoms with van der Waals surface area (Å²) in [5.41, 5.74) is 5.77. The van der Waals surface area contributed by atoms with Gasteiger partial charge < -0.3 is 20.6 Å². The summed E-state index contributed by atoms with van der Waals surface area (Å²) in [5, 5.41) is 9.09. The SMILES string of the molecule is C#CCC(N)C(=O)N(CCO)C1CCN(C)CC1. The number of aliphatic hydroxyl groups excluding tert-OH is 1. The Kier molecular flexibility index (Phi) is 6.13. The number of piperidine rings is 1. The number of terminal acetylenes is 1. The Morgan fingerprint density at radius 1 is 1.61 bits per heavy atom. The molecule has 1 heterocycles. The lowest BCUT2D eigenvalue weighted by Crippen LogP contribution is -2.52. The first-order chi connectivity index (χ1) is 8.60. The van der Waals surface area contributed by atoms with E-state index in [1.165, 1.54) is 0 Å². The first kappa shape index (κ1) is 15.0. The van der Waals surface area contributed by atoms with Gasteiger partial charge in [0.2, 0.25) is 5.91 Å². The molecule has 1 aliphatic heterocycles. The number of amides is 1. The molecule has 102 valence electrons. The van der Waals surface area contributed by atoms with Gasteiger partial charge in [0.1, 0.15) is 0 Å². The average molecular weight is 253 g/mol. The van der Waals surface area contributed by atoms with Crippen LogP contribution >= 0.6 is 0 Å². The highest BCUT2D eigenvalue weighted by Gasteiger charge is 2.29. The van der Waals surface area contributed by atoms with Gasteiger partial charge in [-0.05, 0) is 33.0 Å². The van der Waals surface area contributed by atoms with E-state index in [-0.39, 0.29) is 25.0 Å². The molecule has 0 aromatic rings. The minimum atomic E-state index is -0.652. The molecule has 0 spiro atoms. The highest BCUT2D eigenvalue weighted by molar-refractivity contribution is 5.82. The van der Waals surface area contributed by atoms with Crippen LogP contribution < -0.4 is 5.73 Å². The molecule has 0 radical (unpaired) electrons. The minimum Gasteiger partial charge on any atom is -0.395 e. The summed E-state index contributed by atoms with van der Waals surface area (Å²) in [5.74, 6) is 2.27. The maximum absolute atomic E-state index is 12.2. The molecule has 1 unspecified atom stereocenters. The topological polar surface area (TPSA) is 69.8 Å². The standard InChI is InChI=1S/C13H23N3O2/c1-3-4-12(14)13(18)16(9-10-17)11-5-7-15(2)8-6-11/h1,11-12,17H,4-10,14H2,2H3. The van der Waals surface area contributed by atoms with Gasteiger partial charge in [0.25, 0.3) is 0 Å². The summed E-state index contributed by atoms with van der Waals surface area (Å²) in [6.45, 7) is 2.22. The van der Waals surface area contributed by atoms with E-state index < -0.39 is 6.04 Å². The molecule has 0 aliphatic carbocycles. The molecule has 3 N–H and O–H groups in total. The van der Waals surface area contributed by atoms with E-state index in [2.05, 4.69) is 17.9 Å². The quantitative estimate of drug-likeness (QED) is 0.633. The van der Waals surface area contributed by atoms with Crippen LogP contribution in [0.5, 0.6) is 0 Å². The van der Waals surface area contributed by atoms with E-state index in [1.54, 1.807) is 4.90 Å². The second-order valence-electron chi connectivity index (χ2n) is 4.80. The number of nitrogens with two attached hydrogens (primary N) is 1. The van der Waals surface area contributed by atoms with E-state index in [0.29, 0.717) is 6.54 Å². The fourth-order valence-electron chi connectivity index (χ4n) is 2.31. The summed E-state index contributed by atoms with van der Waals surface area (Å²) >= 11 is 0. The molecule has 1 fully saturated rings. The van der Waals surface area contributed by atoms with Crippen LogP contribution in [0.15, 0.2) is 0 Å². The van der Waals surface area contributed by atoms with E-state index in [0.717, 1.165) is 25.9 Å². The highest BCUT2D eigenvalue weighted by Crippen LogP contribution is 2.16. The number of likely N-dealkylation sites (tertiary alicyclic amines) is 1. The first-order valence-electron chi connectivity index (χ1n) is 6.39. The Morgan fingerprint density at radius 2 is 2.22 bits per heavy atom. The Morgan fingerprint density at radius 3 is 2.72 bits per heavy atom. The van der Waals surface area contributed by atoms with Crippen molar-refractivity contribution in [1.82, 2.24) is 9.80 Å². The van der Waals surface area contributed by atoms with Crippen LogP contribution in [0.4, 0.5) is 0 Å². The van der Waals surface area contributed by atoms with Crippen molar-refractivity contribution in [1.29, 1.82) is 0 Å². The molecule has 1 rings (SSSR count). The summed E-state index contributed by atoms with van der Waals surface area (Å²) in [4.78, 5) is 16.1. The zero-order chi connectivity index (χ0) is 13.5. The first-order valence-corrected chi connectivity index (χ1v) is 6.39. The molecular formula is C13H23N3O2. The van der Waals surface area contributed by atoms with Crippen LogP contribution in [0.2, 0.25) is 0 Å². The van der Waals surface area contributed by atoms with Gasteiger partial charge in [0.05, 0.1) is 12.6 Å². The van der Waals surface area contributed by atoms with Crippen molar-refractivity contribution < 1.29 is 9.90 Å². The maximum atomic E-state index is 12.2. The molecule has 5 heteroatoms. The number of carbonyl (C=O) groups is 1. The van der Waals surface area contributed by atoms with Crippen LogP contribution in [0.3, 0.4) is 0 Å². The third kappa shape index (κ3) is 3.98. The van der Waals surface area contributed by atoms with Gasteiger partial charge >= 0.3 is 0 Å². The molecular weight excluding hydrogens is 230 g/mol. The predicted molar refractivity (Wildman–Crippen MR) is 70.7 cm³/mol. The van der Waals surface area contributed by atoms with Gasteiger partial charge in [0, 0.05) is 19.0 Å². The Hall–Kier alpha value is -1.09. The van der Waals surface area contributed by atoms with Crippen LogP contribution in [0.25, 0.3) is 0 Å². The Bertz CT molecular complexity index is 306. The lowest BCUT2D eigenvalue weighted by atomic mass is 10.0. The minimum absolute atomic E-state index is 0.0408. The Balaban J connectivity index is 2.64. The zero-order valence-corrected chi connectivity index (χ0v) is 11.0. The smallest absolute Gasteiger partial charge is 0.240 e. The molecule has 1 atom stereocenters. The van der Waals surface area contributed by atoms with E-state index in [9.17, 15) is 4.79 Å². The fraction of sp³-hybridized carbons (Fsp3) is 0.769. The number of hydrogen-bond donors (Lipinski definition) is 2. The normalized spacial score (nSPS) is 19.2. The van der Waals surface area contributed by atoms with E-state index in [4.69, 9.17) is 17.3 Å². The van der Waals surface area contributed by atoms with Crippen LogP contribution in [-0.2, 0) is 4.79 Å². The summed E-state index contributed by atoms with van der Waals surface area (Å²) in [6.07, 6.45) is 7.27. The third-order valence-corrected chi connectivity index (χ3v) is 3.41. The number of hydrogen-bond acceptors (Lipinski definition) is 4. The summed E-state index contributed by atoms with van der Waals surface area (Å²) < 4.78 is 0. The molecule has 0 bridgehead atoms. The lowest BCUT2D eigenvalue weighted by Gasteiger charge is -2.38. The third-order valence-electron chi connectivity index (χ3n) is 3.41. The molecule has 5 nitrogen and oxygen atoms in total. The van der Waals surface area contributed by atoms with Crippen molar-refractivity contribution >= 4 is 5.91 Å². The monoisotopic (exact) mass is 253 g/mol. The molecule has 0 aromatic heterocycles. The van der Waals surface area contributed by atoms with E-state index >= 15 is 0 Å². The number of rotatable bonds is 5. The molecule has 1 amide bonds. The number of aliphatic hydroxyl groups is 1. The molecule has 1 saturated heterocycles. The van der Waals surface area contributed by atoms with Gasteiger partial charge in [-0.3, -0.25) is 4.79 Å². The largest absolute Gasteiger partial charge is 0.395 e. The van der Waals surface area contributed by atoms with Crippen LogP contribution in [0.1, 0.15) is 19.3 Å². The number of carbonyl (C=O) groups excluding carboxylic acids is 1. The van der Waals surface area contributed by atoms with Crippen LogP contribution in [0, 0.1) is 12.3 Å². The molecule has 18 heavy (non-hydrogen) atoms. The van der Waals surface area contributed by atoms with Crippen molar-refractivity contribution in [3.63, 3.8) is 0 Å². The molecule has 0 aromatic carbocycles. The van der Waals surface area contributed by atoms with Gasteiger partial charge in [0.15, 0.2) is 0 Å². The second-order valence-corrected chi connectivity index (χ2v) is 4.80. The van der Waals surface area contributed by atoms with Gasteiger partial charge in [-0.2, -0.15) is 0 Å². The fourth-order valence-corrected chi connectivity index (χ4v) is 2.31. The van der Waals surface area contributed by atoms with Crippen molar-refractivity contribution in [3.05, 3.63) is 0 Å². The van der Waals surface area contributed by atoms with E-state index in [1.807, 2.05) is 0 Å². The summed E-state index contributed by atoms with van der Waals surface area (Å²) in [6, 6.07) is -0.481. The molecule has 1 aliphatic rings. The van der Waals surface area contributed by atoms with Crippen molar-refractivity contribution in [2.45, 2.75) is 31.3 Å². The number of nitrogens with zero attached hydrogens (tertiary/aromatic N) is 2. The van der Waals surface area contributed by atoms with Crippen molar-refractivity contribution in [3.8, 4) is 12.3 Å². The Labute approximate surface area is 109 Å². The van der Waals surface area contributed by atoms with Gasteiger partial charge in [-0.25, -0.2) is 0 Å². The summed E-state index contributed by atoms with van der Waals surface area (Å²) in [7, 11) is 2.07. The van der Waals surface area contributed by atoms with Crippen LogP contribution in [-0.4, -0.2) is 66.2 Å². The van der Waals surface area contributed by atoms with Gasteiger partial charge in [-0.1, -0.05) is 0 Å². The maximum Gasteiger partial charge on any atom is 0.240 e. The highest BCUT2D eigenvalue weighted by atomic mass is 16.3. The average Bonchev–Trinajstić information content (AvgIpc) is 2.37. The van der Waals surface area contributed by atoms with Gasteiger partial charge in [-0.15, -0.1) is 12.3 Å². The van der Waals surface area contributed by atoms with Crippen molar-refractivity contribution in [2.24, 2.45) is 5.73 Å². The lowest BCUT2D eigenvalue weighted by molar-refractivity contribution is -0.136.